The van der Waals surface area contributed by atoms with Gasteiger partial charge in [0, 0.05) is 19.4 Å². The molecule has 0 radical (unpaired) electrons. The van der Waals surface area contributed by atoms with E-state index < -0.39 is 32.5 Å². The van der Waals surface area contributed by atoms with Crippen molar-refractivity contribution in [3.63, 3.8) is 0 Å². The molecule has 0 bridgehead atoms. The van der Waals surface area contributed by atoms with Crippen molar-refractivity contribution in [1.82, 2.24) is 0 Å². The monoisotopic (exact) mass is 992 g/mol. The Morgan fingerprint density at radius 2 is 0.786 bits per heavy atom. The molecule has 0 aromatic rings. The summed E-state index contributed by atoms with van der Waals surface area (Å²) in [5.74, 6) is -0.886. The van der Waals surface area contributed by atoms with E-state index >= 15 is 0 Å². The molecule has 2 unspecified atom stereocenters. The number of allylic oxidation sites excluding steroid dienone is 22. The van der Waals surface area contributed by atoms with Gasteiger partial charge in [0.25, 0.3) is 0 Å². The van der Waals surface area contributed by atoms with Gasteiger partial charge < -0.3 is 20.1 Å². The summed E-state index contributed by atoms with van der Waals surface area (Å²) in [5.41, 5.74) is 5.37. The lowest BCUT2D eigenvalue weighted by Gasteiger charge is -2.19. The van der Waals surface area contributed by atoms with Crippen molar-refractivity contribution in [1.29, 1.82) is 0 Å². The molecule has 0 aromatic carbocycles. The van der Waals surface area contributed by atoms with Crippen molar-refractivity contribution in [2.75, 3.05) is 26.4 Å². The maximum atomic E-state index is 12.7. The number of nitrogens with two attached hydrogens (primary N) is 1. The van der Waals surface area contributed by atoms with E-state index in [9.17, 15) is 19.0 Å². The molecular weight excluding hydrogens is 894 g/mol. The van der Waals surface area contributed by atoms with E-state index in [0.717, 1.165) is 109 Å². The van der Waals surface area contributed by atoms with Gasteiger partial charge in [-0.1, -0.05) is 205 Å². The molecule has 2 atom stereocenters. The third kappa shape index (κ3) is 53.5. The smallest absolute Gasteiger partial charge is 0.462 e. The van der Waals surface area contributed by atoms with Gasteiger partial charge in [0.15, 0.2) is 6.10 Å². The zero-order valence-electron chi connectivity index (χ0n) is 43.9. The van der Waals surface area contributed by atoms with Crippen LogP contribution in [-0.4, -0.2) is 49.3 Å². The minimum Gasteiger partial charge on any atom is -0.462 e. The predicted octanol–water partition coefficient (Wildman–Crippen LogP) is 17.0. The minimum atomic E-state index is -4.41. The van der Waals surface area contributed by atoms with Gasteiger partial charge in [0.1, 0.15) is 6.61 Å². The number of rotatable bonds is 49. The first-order chi connectivity index (χ1) is 34.3. The Morgan fingerprint density at radius 3 is 1.19 bits per heavy atom. The first kappa shape index (κ1) is 66.2. The fourth-order valence-electron chi connectivity index (χ4n) is 6.77. The molecule has 3 N–H and O–H groups in total. The topological polar surface area (TPSA) is 134 Å². The first-order valence-electron chi connectivity index (χ1n) is 27.2. The van der Waals surface area contributed by atoms with E-state index in [0.29, 0.717) is 12.8 Å². The molecule has 70 heavy (non-hydrogen) atoms. The molecule has 0 saturated heterocycles. The third-order valence-electron chi connectivity index (χ3n) is 10.8. The number of phosphoric acid groups is 1. The number of esters is 2. The SMILES string of the molecule is CC/C=C\C/C=C\C/C=C\C/C=C\C/C=C\C/C=C\C/C=C\C/C=C\C/C=C\CCCCCC(=O)OC(COC(=O)CCCCCCCCC/C=C\C/C=C\CCCCCC)COP(=O)(O)OCCN. The van der Waals surface area contributed by atoms with Crippen LogP contribution in [0.3, 0.4) is 0 Å². The molecule has 0 aliphatic heterocycles. The zero-order valence-corrected chi connectivity index (χ0v) is 44.8. The summed E-state index contributed by atoms with van der Waals surface area (Å²) in [6, 6.07) is 0. The molecule has 396 valence electrons. The van der Waals surface area contributed by atoms with Gasteiger partial charge in [-0.25, -0.2) is 4.57 Å². The largest absolute Gasteiger partial charge is 0.472 e. The maximum absolute atomic E-state index is 12.7. The first-order valence-corrected chi connectivity index (χ1v) is 28.7. The highest BCUT2D eigenvalue weighted by atomic mass is 31.2. The van der Waals surface area contributed by atoms with Gasteiger partial charge in [-0.15, -0.1) is 0 Å². The highest BCUT2D eigenvalue weighted by Crippen LogP contribution is 2.43. The van der Waals surface area contributed by atoms with E-state index in [1.165, 1.54) is 51.4 Å². The summed E-state index contributed by atoms with van der Waals surface area (Å²) < 4.78 is 32.9. The Kier molecular flexibility index (Phi) is 51.5. The predicted molar refractivity (Wildman–Crippen MR) is 297 cm³/mol. The maximum Gasteiger partial charge on any atom is 0.472 e. The molecule has 10 heteroatoms. The van der Waals surface area contributed by atoms with Crippen molar-refractivity contribution in [3.8, 4) is 0 Å². The average Bonchev–Trinajstić information content (AvgIpc) is 3.35. The van der Waals surface area contributed by atoms with Crippen molar-refractivity contribution in [2.24, 2.45) is 5.73 Å². The van der Waals surface area contributed by atoms with Crippen LogP contribution in [-0.2, 0) is 32.7 Å². The van der Waals surface area contributed by atoms with E-state index in [-0.39, 0.29) is 32.6 Å². The van der Waals surface area contributed by atoms with Crippen LogP contribution in [0, 0.1) is 0 Å². The van der Waals surface area contributed by atoms with Crippen LogP contribution < -0.4 is 5.73 Å². The molecule has 0 heterocycles. The molecule has 0 amide bonds. The van der Waals surface area contributed by atoms with Gasteiger partial charge >= 0.3 is 19.8 Å². The normalized spacial score (nSPS) is 14.2. The number of phosphoric ester groups is 1. The van der Waals surface area contributed by atoms with E-state index in [2.05, 4.69) is 148 Å². The van der Waals surface area contributed by atoms with Crippen molar-refractivity contribution in [2.45, 2.75) is 206 Å². The summed E-state index contributed by atoms with van der Waals surface area (Å²) >= 11 is 0. The summed E-state index contributed by atoms with van der Waals surface area (Å²) in [4.78, 5) is 35.1. The Bertz CT molecular complexity index is 1600. The molecule has 0 aliphatic rings. The fourth-order valence-corrected chi connectivity index (χ4v) is 7.54. The average molecular weight is 992 g/mol. The second-order valence-electron chi connectivity index (χ2n) is 17.4. The lowest BCUT2D eigenvalue weighted by Crippen LogP contribution is -2.29. The van der Waals surface area contributed by atoms with Crippen LogP contribution >= 0.6 is 7.82 Å². The zero-order chi connectivity index (χ0) is 51.0. The van der Waals surface area contributed by atoms with Crippen LogP contribution in [0.1, 0.15) is 200 Å². The number of hydrogen-bond acceptors (Lipinski definition) is 8. The van der Waals surface area contributed by atoms with Crippen LogP contribution in [0.4, 0.5) is 0 Å². The number of ether oxygens (including phenoxy) is 2. The van der Waals surface area contributed by atoms with Crippen LogP contribution in [0.15, 0.2) is 134 Å². The van der Waals surface area contributed by atoms with Crippen LogP contribution in [0.2, 0.25) is 0 Å². The molecular formula is C60H98NO8P. The molecule has 0 fully saturated rings. The number of hydrogen-bond donors (Lipinski definition) is 2. The lowest BCUT2D eigenvalue weighted by molar-refractivity contribution is -0.161. The summed E-state index contributed by atoms with van der Waals surface area (Å²) in [7, 11) is -4.41. The van der Waals surface area contributed by atoms with Crippen molar-refractivity contribution in [3.05, 3.63) is 134 Å². The standard InChI is InChI=1S/C60H98NO8P/c1-3-5-7-9-11-13-15-17-19-21-23-24-25-26-27-28-29-30-31-32-33-34-35-37-39-41-43-45-47-49-51-53-60(63)69-58(57-68-70(64,65)67-55-54-61)56-66-59(62)52-50-48-46-44-42-40-38-36-22-20-18-16-14-12-10-8-6-4-2/h5,7,11,13-14,16-17,19-20,22-24,26-27,29-30,32-33,35,37,41,43,58H,3-4,6,8-10,12,15,18,21,25,28,31,34,36,38-40,42,44-57,61H2,1-2H3,(H,64,65)/b7-5-,13-11-,16-14-,19-17-,22-20-,24-23-,27-26-,30-29-,33-32-,37-35-,43-41-. The van der Waals surface area contributed by atoms with Crippen molar-refractivity contribution < 1.29 is 37.6 Å². The Morgan fingerprint density at radius 1 is 0.443 bits per heavy atom. The Labute approximate surface area is 427 Å². The summed E-state index contributed by atoms with van der Waals surface area (Å²) in [5, 5.41) is 0. The third-order valence-corrected chi connectivity index (χ3v) is 11.8. The van der Waals surface area contributed by atoms with Crippen LogP contribution in [0.25, 0.3) is 0 Å². The van der Waals surface area contributed by atoms with Gasteiger partial charge in [-0.05, 0) is 116 Å². The summed E-state index contributed by atoms with van der Waals surface area (Å²) in [6.07, 6.45) is 76.3. The molecule has 0 aromatic heterocycles. The Hall–Kier alpha value is -3.85. The highest BCUT2D eigenvalue weighted by molar-refractivity contribution is 7.47. The van der Waals surface area contributed by atoms with Gasteiger partial charge in [-0.3, -0.25) is 18.6 Å². The molecule has 0 spiro atoms. The van der Waals surface area contributed by atoms with E-state index in [4.69, 9.17) is 24.3 Å². The van der Waals surface area contributed by atoms with Gasteiger partial charge in [-0.2, -0.15) is 0 Å². The van der Waals surface area contributed by atoms with E-state index in [1.54, 1.807) is 0 Å². The lowest BCUT2D eigenvalue weighted by atomic mass is 10.1. The second kappa shape index (κ2) is 54.5. The molecule has 0 aliphatic carbocycles. The Balaban J connectivity index is 4.16. The number of carbonyl (C=O) groups excluding carboxylic acids is 2. The molecule has 0 rings (SSSR count). The van der Waals surface area contributed by atoms with Gasteiger partial charge in [0.2, 0.25) is 0 Å². The van der Waals surface area contributed by atoms with E-state index in [1.807, 2.05) is 0 Å². The van der Waals surface area contributed by atoms with Crippen LogP contribution in [0.5, 0.6) is 0 Å². The fraction of sp³-hybridized carbons (Fsp3) is 0.600. The summed E-state index contributed by atoms with van der Waals surface area (Å²) in [6.45, 7) is 3.54. The quantitative estimate of drug-likeness (QED) is 0.0264. The second-order valence-corrected chi connectivity index (χ2v) is 18.8. The highest BCUT2D eigenvalue weighted by Gasteiger charge is 2.26. The minimum absolute atomic E-state index is 0.0388. The molecule has 9 nitrogen and oxygen atoms in total. The number of carbonyl (C=O) groups is 2. The number of unbranched alkanes of at least 4 members (excludes halogenated alkanes) is 14. The van der Waals surface area contributed by atoms with Crippen molar-refractivity contribution >= 4 is 19.8 Å². The molecule has 0 saturated carbocycles. The van der Waals surface area contributed by atoms with Gasteiger partial charge in [0.05, 0.1) is 13.2 Å².